The van der Waals surface area contributed by atoms with Crippen molar-refractivity contribution < 1.29 is 38.1 Å². The lowest BCUT2D eigenvalue weighted by Crippen LogP contribution is -2.51. The molecule has 0 heterocycles. The van der Waals surface area contributed by atoms with Crippen LogP contribution in [0.15, 0.2) is 65.7 Å². The monoisotopic (exact) mass is 571 g/mol. The number of amides is 4. The minimum absolute atomic E-state index is 0.0551. The molecule has 222 valence electrons. The van der Waals surface area contributed by atoms with E-state index in [-0.39, 0.29) is 12.4 Å². The molecule has 0 fully saturated rings. The lowest BCUT2D eigenvalue weighted by atomic mass is 10.2. The SMILES string of the molecule is CN(C(=O)OCc1ccccc1)N(CN=C(NC(=O)OC(C)(C)C)NC(=O)OC(C)(C)C)C(=O)Oc1ccccc1. The summed E-state index contributed by atoms with van der Waals surface area (Å²) in [6.07, 6.45) is -3.74. The lowest BCUT2D eigenvalue weighted by Gasteiger charge is -2.29. The molecule has 2 aromatic rings. The topological polar surface area (TPSA) is 148 Å². The molecular formula is C28H37N5O8. The van der Waals surface area contributed by atoms with Gasteiger partial charge < -0.3 is 18.9 Å². The van der Waals surface area contributed by atoms with E-state index in [0.29, 0.717) is 0 Å². The summed E-state index contributed by atoms with van der Waals surface area (Å²) in [4.78, 5) is 54.9. The quantitative estimate of drug-likeness (QED) is 0.220. The predicted octanol–water partition coefficient (Wildman–Crippen LogP) is 5.03. The number of guanidine groups is 1. The van der Waals surface area contributed by atoms with Crippen LogP contribution in [0.5, 0.6) is 5.75 Å². The van der Waals surface area contributed by atoms with E-state index in [1.165, 1.54) is 7.05 Å². The molecule has 0 aliphatic heterocycles. The maximum absolute atomic E-state index is 13.1. The molecule has 4 amide bonds. The van der Waals surface area contributed by atoms with E-state index in [9.17, 15) is 19.2 Å². The van der Waals surface area contributed by atoms with E-state index in [1.54, 1.807) is 96.1 Å². The van der Waals surface area contributed by atoms with Crippen LogP contribution >= 0.6 is 0 Å². The van der Waals surface area contributed by atoms with E-state index >= 15 is 0 Å². The highest BCUT2D eigenvalue weighted by Gasteiger charge is 2.27. The number of rotatable bonds is 5. The molecule has 0 unspecified atom stereocenters. The molecule has 0 spiro atoms. The third kappa shape index (κ3) is 12.7. The molecule has 0 bridgehead atoms. The van der Waals surface area contributed by atoms with Crippen LogP contribution in [0.3, 0.4) is 0 Å². The van der Waals surface area contributed by atoms with Gasteiger partial charge in [0.1, 0.15) is 30.2 Å². The lowest BCUT2D eigenvalue weighted by molar-refractivity contribution is 0.00590. The number of ether oxygens (including phenoxy) is 4. The van der Waals surface area contributed by atoms with Crippen molar-refractivity contribution in [2.45, 2.75) is 59.4 Å². The molecule has 0 aliphatic carbocycles. The largest absolute Gasteiger partial charge is 0.444 e. The molecule has 41 heavy (non-hydrogen) atoms. The summed E-state index contributed by atoms with van der Waals surface area (Å²) in [5.41, 5.74) is -0.971. The maximum atomic E-state index is 13.1. The summed E-state index contributed by atoms with van der Waals surface area (Å²) in [5, 5.41) is 6.30. The van der Waals surface area contributed by atoms with Gasteiger partial charge in [0.05, 0.1) is 0 Å². The smallest absolute Gasteiger partial charge is 0.436 e. The highest BCUT2D eigenvalue weighted by molar-refractivity contribution is 6.01. The van der Waals surface area contributed by atoms with E-state index in [2.05, 4.69) is 15.6 Å². The summed E-state index contributed by atoms with van der Waals surface area (Å²) >= 11 is 0. The van der Waals surface area contributed by atoms with Crippen molar-refractivity contribution in [2.24, 2.45) is 4.99 Å². The molecule has 13 nitrogen and oxygen atoms in total. The number of nitrogens with zero attached hydrogens (tertiary/aromatic N) is 3. The Morgan fingerprint density at radius 1 is 0.756 bits per heavy atom. The molecule has 0 saturated heterocycles. The van der Waals surface area contributed by atoms with Gasteiger partial charge in [-0.05, 0) is 59.2 Å². The van der Waals surface area contributed by atoms with Crippen molar-refractivity contribution in [3.8, 4) is 5.75 Å². The summed E-state index contributed by atoms with van der Waals surface area (Å²) < 4.78 is 21.2. The zero-order valence-corrected chi connectivity index (χ0v) is 24.3. The zero-order chi connectivity index (χ0) is 30.6. The van der Waals surface area contributed by atoms with Crippen molar-refractivity contribution >= 4 is 30.3 Å². The van der Waals surface area contributed by atoms with Gasteiger partial charge in [-0.25, -0.2) is 29.2 Å². The third-order valence-corrected chi connectivity index (χ3v) is 4.59. The molecule has 2 aromatic carbocycles. The number of carbonyl (C=O) groups excluding carboxylic acids is 4. The number of aliphatic imine (C=N–C) groups is 1. The number of alkyl carbamates (subject to hydrolysis) is 2. The fraction of sp³-hybridized carbons (Fsp3) is 0.393. The summed E-state index contributed by atoms with van der Waals surface area (Å²) in [6.45, 7) is 9.28. The Balaban J connectivity index is 2.30. The van der Waals surface area contributed by atoms with Crippen LogP contribution < -0.4 is 15.4 Å². The number of nitrogens with one attached hydrogen (secondary N) is 2. The molecule has 2 N–H and O–H groups in total. The minimum Gasteiger partial charge on any atom is -0.444 e. The first-order chi connectivity index (χ1) is 19.1. The molecule has 0 aromatic heterocycles. The van der Waals surface area contributed by atoms with Crippen molar-refractivity contribution in [1.29, 1.82) is 0 Å². The average Bonchev–Trinajstić information content (AvgIpc) is 2.86. The van der Waals surface area contributed by atoms with Gasteiger partial charge in [-0.2, -0.15) is 5.01 Å². The number of hydrogen-bond acceptors (Lipinski definition) is 9. The predicted molar refractivity (Wildman–Crippen MR) is 150 cm³/mol. The van der Waals surface area contributed by atoms with Gasteiger partial charge in [-0.1, -0.05) is 48.5 Å². The number of benzene rings is 2. The average molecular weight is 572 g/mol. The first-order valence-corrected chi connectivity index (χ1v) is 12.7. The number of para-hydroxylation sites is 1. The minimum atomic E-state index is -0.993. The third-order valence-electron chi connectivity index (χ3n) is 4.59. The fourth-order valence-electron chi connectivity index (χ4n) is 2.88. The number of carbonyl (C=O) groups is 4. The first kappa shape index (κ1) is 32.4. The molecule has 0 atom stereocenters. The molecule has 2 rings (SSSR count). The van der Waals surface area contributed by atoms with Gasteiger partial charge in [0.25, 0.3) is 0 Å². The number of hydrazine groups is 1. The fourth-order valence-corrected chi connectivity index (χ4v) is 2.88. The standard InChI is InChI=1S/C28H37N5O8/c1-27(2,3)40-23(34)30-22(31-24(35)41-28(4,5)6)29-19-33(26(37)39-21-16-12-9-13-17-21)32(7)25(36)38-18-20-14-10-8-11-15-20/h8-17H,18-19H2,1-7H3,(H2,29,30,31,34,35). The summed E-state index contributed by atoms with van der Waals surface area (Å²) in [7, 11) is 1.28. The van der Waals surface area contributed by atoms with Crippen molar-refractivity contribution in [1.82, 2.24) is 20.7 Å². The van der Waals surface area contributed by atoms with Gasteiger partial charge >= 0.3 is 24.4 Å². The van der Waals surface area contributed by atoms with Gasteiger partial charge in [0.15, 0.2) is 0 Å². The van der Waals surface area contributed by atoms with Gasteiger partial charge in [0, 0.05) is 7.05 Å². The van der Waals surface area contributed by atoms with Crippen LogP contribution in [0, 0.1) is 0 Å². The van der Waals surface area contributed by atoms with E-state index < -0.39 is 48.2 Å². The van der Waals surface area contributed by atoms with Crippen LogP contribution in [-0.2, 0) is 20.8 Å². The van der Waals surface area contributed by atoms with E-state index in [4.69, 9.17) is 18.9 Å². The second-order valence-corrected chi connectivity index (χ2v) is 10.5. The van der Waals surface area contributed by atoms with Gasteiger partial charge in [-0.15, -0.1) is 0 Å². The van der Waals surface area contributed by atoms with Crippen LogP contribution in [0.1, 0.15) is 47.1 Å². The number of hydrogen-bond donors (Lipinski definition) is 2. The second-order valence-electron chi connectivity index (χ2n) is 10.5. The first-order valence-electron chi connectivity index (χ1n) is 12.7. The highest BCUT2D eigenvalue weighted by Crippen LogP contribution is 2.13. The Bertz CT molecular complexity index is 1180. The molecule has 0 radical (unpaired) electrons. The van der Waals surface area contributed by atoms with Crippen molar-refractivity contribution in [3.05, 3.63) is 66.2 Å². The molecule has 13 heteroatoms. The van der Waals surface area contributed by atoms with Crippen LogP contribution in [0.2, 0.25) is 0 Å². The Morgan fingerprint density at radius 3 is 1.73 bits per heavy atom. The Kier molecular flexibility index (Phi) is 11.5. The van der Waals surface area contributed by atoms with E-state index in [1.807, 2.05) is 6.07 Å². The van der Waals surface area contributed by atoms with Crippen molar-refractivity contribution in [3.63, 3.8) is 0 Å². The Hall–Kier alpha value is -4.81. The molecule has 0 aliphatic rings. The normalized spacial score (nSPS) is 10.9. The second kappa shape index (κ2) is 14.5. The van der Waals surface area contributed by atoms with Gasteiger partial charge in [-0.3, -0.25) is 10.6 Å². The van der Waals surface area contributed by atoms with Crippen LogP contribution in [-0.4, -0.2) is 65.3 Å². The van der Waals surface area contributed by atoms with Crippen LogP contribution in [0.25, 0.3) is 0 Å². The zero-order valence-electron chi connectivity index (χ0n) is 24.3. The molecule has 0 saturated carbocycles. The Morgan fingerprint density at radius 2 is 1.24 bits per heavy atom. The Labute approximate surface area is 239 Å². The summed E-state index contributed by atoms with van der Waals surface area (Å²) in [6, 6.07) is 17.1. The van der Waals surface area contributed by atoms with E-state index in [0.717, 1.165) is 15.6 Å². The molecular weight excluding hydrogens is 534 g/mol. The summed E-state index contributed by atoms with van der Waals surface area (Å²) in [5.74, 6) is -0.200. The van der Waals surface area contributed by atoms with Crippen molar-refractivity contribution in [2.75, 3.05) is 13.7 Å². The van der Waals surface area contributed by atoms with Gasteiger partial charge in [0.2, 0.25) is 5.96 Å². The highest BCUT2D eigenvalue weighted by atomic mass is 16.6. The maximum Gasteiger partial charge on any atom is 0.436 e. The van der Waals surface area contributed by atoms with Crippen LogP contribution in [0.4, 0.5) is 19.2 Å².